The van der Waals surface area contributed by atoms with Gasteiger partial charge in [0.2, 0.25) is 5.91 Å². The van der Waals surface area contributed by atoms with E-state index in [0.29, 0.717) is 27.9 Å². The highest BCUT2D eigenvalue weighted by Crippen LogP contribution is 2.26. The lowest BCUT2D eigenvalue weighted by molar-refractivity contribution is -0.201. The number of imidazole rings is 1. The molecule has 10 nitrogen and oxygen atoms in total. The van der Waals surface area contributed by atoms with Gasteiger partial charge in [0.1, 0.15) is 30.8 Å². The highest BCUT2D eigenvalue weighted by molar-refractivity contribution is 5.85. The Hall–Kier alpha value is -4.58. The van der Waals surface area contributed by atoms with Crippen molar-refractivity contribution in [2.75, 3.05) is 13.2 Å². The van der Waals surface area contributed by atoms with Gasteiger partial charge in [-0.05, 0) is 12.1 Å². The first-order valence-electron chi connectivity index (χ1n) is 11.3. The summed E-state index contributed by atoms with van der Waals surface area (Å²) in [5.74, 6) is -0.721. The third-order valence-corrected chi connectivity index (χ3v) is 5.56. The van der Waals surface area contributed by atoms with Crippen molar-refractivity contribution in [3.05, 3.63) is 63.8 Å². The second kappa shape index (κ2) is 11.0. The molecule has 2 aromatic heterocycles. The van der Waals surface area contributed by atoms with Crippen molar-refractivity contribution in [3.8, 4) is 11.8 Å². The second-order valence-electron chi connectivity index (χ2n) is 8.36. The van der Waals surface area contributed by atoms with Crippen molar-refractivity contribution in [2.24, 2.45) is 0 Å². The summed E-state index contributed by atoms with van der Waals surface area (Å²) in [4.78, 5) is 32.5. The maximum Gasteiger partial charge on any atom is 0.416 e. The molecule has 0 aliphatic heterocycles. The first-order valence-corrected chi connectivity index (χ1v) is 11.3. The van der Waals surface area contributed by atoms with Crippen molar-refractivity contribution in [3.63, 3.8) is 0 Å². The van der Waals surface area contributed by atoms with Gasteiger partial charge in [-0.3, -0.25) is 9.59 Å². The van der Waals surface area contributed by atoms with Crippen LogP contribution in [-0.4, -0.2) is 62.6 Å². The van der Waals surface area contributed by atoms with E-state index in [-0.39, 0.29) is 23.1 Å². The molecule has 0 fully saturated rings. The van der Waals surface area contributed by atoms with Crippen LogP contribution in [0.2, 0.25) is 0 Å². The molecule has 0 bridgehead atoms. The molecule has 0 aliphatic carbocycles. The average molecular weight is 550 g/mol. The van der Waals surface area contributed by atoms with Crippen molar-refractivity contribution in [1.29, 1.82) is 5.26 Å². The lowest BCUT2D eigenvalue weighted by Crippen LogP contribution is -2.42. The Morgan fingerprint density at radius 3 is 2.62 bits per heavy atom. The zero-order valence-electron chi connectivity index (χ0n) is 19.8. The standard InChI is InChI=1S/C24H19F5N6O4/c25-20(26)11-39-18-6-17-16(5-12(18)8-30)32-21(33-17)7-15-13-3-1-2-4-14(13)23(38)35(34-15)10-22(37)31-9-19(36)24(27,28)29/h1-6,19-20,36H,7,9-11H2,(H,31,37)(H,32,33)/t19-/m0/s1. The number of halogens is 5. The van der Waals surface area contributed by atoms with Crippen LogP contribution < -0.4 is 15.6 Å². The van der Waals surface area contributed by atoms with Crippen LogP contribution in [0.4, 0.5) is 22.0 Å². The number of nitrogens with zero attached hydrogens (tertiary/aromatic N) is 4. The molecule has 0 saturated carbocycles. The van der Waals surface area contributed by atoms with Gasteiger partial charge in [-0.25, -0.2) is 18.4 Å². The summed E-state index contributed by atoms with van der Waals surface area (Å²) in [6, 6.07) is 11.0. The number of hydrogen-bond donors (Lipinski definition) is 3. The average Bonchev–Trinajstić information content (AvgIpc) is 3.28. The first-order chi connectivity index (χ1) is 18.5. The second-order valence-corrected chi connectivity index (χ2v) is 8.36. The van der Waals surface area contributed by atoms with E-state index >= 15 is 0 Å². The van der Waals surface area contributed by atoms with Crippen LogP contribution in [0.1, 0.15) is 17.1 Å². The fourth-order valence-corrected chi connectivity index (χ4v) is 3.75. The highest BCUT2D eigenvalue weighted by Gasteiger charge is 2.38. The summed E-state index contributed by atoms with van der Waals surface area (Å²) in [5.41, 5.74) is 0.365. The van der Waals surface area contributed by atoms with E-state index in [1.165, 1.54) is 18.2 Å². The number of nitrogens with one attached hydrogen (secondary N) is 2. The summed E-state index contributed by atoms with van der Waals surface area (Å²) in [6.45, 7) is -2.71. The number of fused-ring (bicyclic) bond motifs is 2. The molecular formula is C24H19F5N6O4. The quantitative estimate of drug-likeness (QED) is 0.271. The summed E-state index contributed by atoms with van der Waals surface area (Å²) >= 11 is 0. The van der Waals surface area contributed by atoms with Gasteiger partial charge in [-0.1, -0.05) is 18.2 Å². The predicted molar refractivity (Wildman–Crippen MR) is 126 cm³/mol. The number of benzene rings is 2. The molecular weight excluding hydrogens is 531 g/mol. The Balaban J connectivity index is 1.64. The van der Waals surface area contributed by atoms with E-state index in [9.17, 15) is 36.8 Å². The van der Waals surface area contributed by atoms with Crippen LogP contribution in [0.15, 0.2) is 41.2 Å². The number of nitriles is 1. The number of alkyl halides is 5. The maximum absolute atomic E-state index is 12.9. The molecule has 1 amide bonds. The SMILES string of the molecule is N#Cc1cc2[nH]c(Cc3nn(CC(=O)NC[C@H](O)C(F)(F)F)c(=O)c4ccccc34)nc2cc1OCC(F)F. The fraction of sp³-hybridized carbons (Fsp3) is 0.292. The third-order valence-electron chi connectivity index (χ3n) is 5.56. The summed E-state index contributed by atoms with van der Waals surface area (Å²) in [6.07, 6.45) is -10.4. The molecule has 0 radical (unpaired) electrons. The minimum atomic E-state index is -4.92. The minimum absolute atomic E-state index is 0.00100. The number of rotatable bonds is 9. The van der Waals surface area contributed by atoms with Crippen LogP contribution in [0.25, 0.3) is 21.8 Å². The minimum Gasteiger partial charge on any atom is -0.486 e. The van der Waals surface area contributed by atoms with E-state index < -0.39 is 49.9 Å². The van der Waals surface area contributed by atoms with Gasteiger partial charge < -0.3 is 20.1 Å². The normalized spacial score (nSPS) is 12.6. The molecule has 204 valence electrons. The van der Waals surface area contributed by atoms with Crippen LogP contribution >= 0.6 is 0 Å². The lowest BCUT2D eigenvalue weighted by Gasteiger charge is -2.15. The van der Waals surface area contributed by atoms with Crippen LogP contribution in [-0.2, 0) is 17.8 Å². The van der Waals surface area contributed by atoms with Crippen molar-refractivity contribution in [2.45, 2.75) is 31.7 Å². The molecule has 39 heavy (non-hydrogen) atoms. The summed E-state index contributed by atoms with van der Waals surface area (Å²) in [5, 5.41) is 25.2. The number of aromatic nitrogens is 4. The van der Waals surface area contributed by atoms with E-state index in [2.05, 4.69) is 15.1 Å². The van der Waals surface area contributed by atoms with Gasteiger partial charge in [-0.15, -0.1) is 0 Å². The number of ether oxygens (including phenoxy) is 1. The fourth-order valence-electron chi connectivity index (χ4n) is 3.75. The van der Waals surface area contributed by atoms with Gasteiger partial charge >= 0.3 is 6.18 Å². The van der Waals surface area contributed by atoms with Gasteiger partial charge in [0.15, 0.2) is 6.10 Å². The van der Waals surface area contributed by atoms with E-state index in [0.717, 1.165) is 4.68 Å². The monoisotopic (exact) mass is 550 g/mol. The van der Waals surface area contributed by atoms with Crippen molar-refractivity contribution < 1.29 is 36.6 Å². The summed E-state index contributed by atoms with van der Waals surface area (Å²) in [7, 11) is 0. The predicted octanol–water partition coefficient (Wildman–Crippen LogP) is 2.42. The Kier molecular flexibility index (Phi) is 7.77. The van der Waals surface area contributed by atoms with E-state index in [1.54, 1.807) is 18.2 Å². The number of H-pyrrole nitrogens is 1. The van der Waals surface area contributed by atoms with Gasteiger partial charge in [-0.2, -0.15) is 23.5 Å². The van der Waals surface area contributed by atoms with Crippen LogP contribution in [0.3, 0.4) is 0 Å². The van der Waals surface area contributed by atoms with Crippen LogP contribution in [0.5, 0.6) is 5.75 Å². The third kappa shape index (κ3) is 6.29. The molecule has 0 spiro atoms. The van der Waals surface area contributed by atoms with E-state index in [1.807, 2.05) is 11.4 Å². The number of hydrogen-bond acceptors (Lipinski definition) is 7. The zero-order valence-corrected chi connectivity index (χ0v) is 19.8. The number of carbonyl (C=O) groups excluding carboxylic acids is 1. The number of aromatic amines is 1. The smallest absolute Gasteiger partial charge is 0.416 e. The van der Waals surface area contributed by atoms with Gasteiger partial charge in [0, 0.05) is 11.5 Å². The zero-order chi connectivity index (χ0) is 28.3. The van der Waals surface area contributed by atoms with Crippen LogP contribution in [0, 0.1) is 11.3 Å². The molecule has 0 saturated heterocycles. The molecule has 2 heterocycles. The first kappa shape index (κ1) is 27.5. The lowest BCUT2D eigenvalue weighted by atomic mass is 10.1. The number of amides is 1. The Labute approximate surface area is 215 Å². The Morgan fingerprint density at radius 2 is 1.95 bits per heavy atom. The molecule has 4 aromatic rings. The molecule has 3 N–H and O–H groups in total. The topological polar surface area (TPSA) is 146 Å². The van der Waals surface area contributed by atoms with Gasteiger partial charge in [0.05, 0.1) is 40.6 Å². The van der Waals surface area contributed by atoms with E-state index in [4.69, 9.17) is 9.84 Å². The Bertz CT molecular complexity index is 1630. The molecule has 0 aliphatic rings. The van der Waals surface area contributed by atoms with Gasteiger partial charge in [0.25, 0.3) is 12.0 Å². The molecule has 1 atom stereocenters. The molecule has 2 aromatic carbocycles. The number of aliphatic hydroxyl groups excluding tert-OH is 1. The molecule has 15 heteroatoms. The highest BCUT2D eigenvalue weighted by atomic mass is 19.4. The largest absolute Gasteiger partial charge is 0.486 e. The number of aliphatic hydroxyl groups is 1. The number of carbonyl (C=O) groups is 1. The molecule has 0 unspecified atom stereocenters. The summed E-state index contributed by atoms with van der Waals surface area (Å²) < 4.78 is 68.5. The van der Waals surface area contributed by atoms with Crippen molar-refractivity contribution in [1.82, 2.24) is 25.1 Å². The molecule has 4 rings (SSSR count). The maximum atomic E-state index is 12.9. The Morgan fingerprint density at radius 1 is 1.23 bits per heavy atom. The van der Waals surface area contributed by atoms with Crippen molar-refractivity contribution >= 4 is 27.7 Å².